The second-order valence-electron chi connectivity index (χ2n) is 7.90. The van der Waals surface area contributed by atoms with Gasteiger partial charge in [-0.3, -0.25) is 9.59 Å². The number of rotatable bonds is 7. The highest BCUT2D eigenvalue weighted by molar-refractivity contribution is 5.93. The number of nitrogens with two attached hydrogens (primary N) is 1. The number of nitrogens with zero attached hydrogens (tertiary/aromatic N) is 1. The number of amides is 2. The van der Waals surface area contributed by atoms with Crippen LogP contribution in [-0.2, 0) is 21.5 Å². The van der Waals surface area contributed by atoms with Crippen LogP contribution < -0.4 is 5.73 Å². The number of hydrogen-bond acceptors (Lipinski definition) is 2. The van der Waals surface area contributed by atoms with Crippen molar-refractivity contribution in [3.05, 3.63) is 71.5 Å². The predicted octanol–water partition coefficient (Wildman–Crippen LogP) is 3.40. The lowest BCUT2D eigenvalue weighted by Crippen LogP contribution is -2.42. The largest absolute Gasteiger partial charge is 0.370 e. The van der Waals surface area contributed by atoms with E-state index in [1.807, 2.05) is 44.2 Å². The van der Waals surface area contributed by atoms with Crippen LogP contribution in [0.1, 0.15) is 37.8 Å². The van der Waals surface area contributed by atoms with Gasteiger partial charge in [-0.05, 0) is 35.1 Å². The first-order chi connectivity index (χ1) is 12.8. The summed E-state index contributed by atoms with van der Waals surface area (Å²) >= 11 is 0. The van der Waals surface area contributed by atoms with E-state index in [1.165, 1.54) is 12.1 Å². The summed E-state index contributed by atoms with van der Waals surface area (Å²) in [7, 11) is 0. The van der Waals surface area contributed by atoms with E-state index in [0.29, 0.717) is 13.0 Å². The van der Waals surface area contributed by atoms with Crippen molar-refractivity contribution in [1.29, 1.82) is 0 Å². The molecule has 2 amide bonds. The maximum atomic E-state index is 13.6. The number of carbonyl (C=O) groups excluding carboxylic acids is 2. The Morgan fingerprint density at radius 1 is 1.07 bits per heavy atom. The van der Waals surface area contributed by atoms with Gasteiger partial charge in [-0.25, -0.2) is 4.39 Å². The third kappa shape index (κ3) is 3.72. The van der Waals surface area contributed by atoms with Gasteiger partial charge in [0.2, 0.25) is 11.8 Å². The molecule has 4 nitrogen and oxygen atoms in total. The van der Waals surface area contributed by atoms with Gasteiger partial charge in [0.15, 0.2) is 0 Å². The Kier molecular flexibility index (Phi) is 5.05. The van der Waals surface area contributed by atoms with Gasteiger partial charge in [-0.2, -0.15) is 0 Å². The average Bonchev–Trinajstić information content (AvgIpc) is 3.23. The van der Waals surface area contributed by atoms with Crippen molar-refractivity contribution in [3.63, 3.8) is 0 Å². The molecule has 1 atom stereocenters. The minimum absolute atomic E-state index is 0.0378. The number of primary amides is 1. The molecule has 1 aliphatic carbocycles. The van der Waals surface area contributed by atoms with Crippen LogP contribution in [0.15, 0.2) is 54.6 Å². The molecule has 1 fully saturated rings. The summed E-state index contributed by atoms with van der Waals surface area (Å²) in [6, 6.07) is 15.8. The molecule has 0 bridgehead atoms. The van der Waals surface area contributed by atoms with Crippen molar-refractivity contribution >= 4 is 11.8 Å². The molecule has 27 heavy (non-hydrogen) atoms. The fourth-order valence-corrected chi connectivity index (χ4v) is 3.91. The molecule has 0 spiro atoms. The second kappa shape index (κ2) is 7.14. The van der Waals surface area contributed by atoms with Gasteiger partial charge in [0, 0.05) is 19.5 Å². The van der Waals surface area contributed by atoms with Crippen LogP contribution in [0.2, 0.25) is 0 Å². The zero-order valence-electron chi connectivity index (χ0n) is 15.7. The topological polar surface area (TPSA) is 63.4 Å². The second-order valence-corrected chi connectivity index (χ2v) is 7.90. The van der Waals surface area contributed by atoms with E-state index in [0.717, 1.165) is 11.1 Å². The number of halogens is 1. The Morgan fingerprint density at radius 3 is 2.19 bits per heavy atom. The Labute approximate surface area is 159 Å². The number of carbonyl (C=O) groups is 2. The molecule has 3 rings (SSSR count). The van der Waals surface area contributed by atoms with Crippen LogP contribution in [0.4, 0.5) is 4.39 Å². The fourth-order valence-electron chi connectivity index (χ4n) is 3.91. The molecule has 1 saturated carbocycles. The van der Waals surface area contributed by atoms with Crippen LogP contribution in [0, 0.1) is 11.2 Å². The zero-order valence-corrected chi connectivity index (χ0v) is 15.7. The molecule has 2 N–H and O–H groups in total. The van der Waals surface area contributed by atoms with Crippen molar-refractivity contribution in [3.8, 4) is 0 Å². The van der Waals surface area contributed by atoms with E-state index in [-0.39, 0.29) is 30.1 Å². The molecular weight excluding hydrogens is 343 g/mol. The molecule has 0 aliphatic heterocycles. The minimum Gasteiger partial charge on any atom is -0.370 e. The van der Waals surface area contributed by atoms with Crippen LogP contribution in [0.3, 0.4) is 0 Å². The molecule has 0 aromatic heterocycles. The summed E-state index contributed by atoms with van der Waals surface area (Å²) < 4.78 is 13.4. The zero-order chi connectivity index (χ0) is 19.7. The Hall–Kier alpha value is -2.69. The lowest BCUT2D eigenvalue weighted by atomic mass is 9.86. The van der Waals surface area contributed by atoms with E-state index in [9.17, 15) is 14.0 Å². The highest BCUT2D eigenvalue weighted by Gasteiger charge is 2.67. The van der Waals surface area contributed by atoms with Crippen LogP contribution in [0.5, 0.6) is 0 Å². The Balaban J connectivity index is 1.93. The first-order valence-corrected chi connectivity index (χ1v) is 9.14. The van der Waals surface area contributed by atoms with E-state index in [1.54, 1.807) is 17.0 Å². The molecule has 5 heteroatoms. The lowest BCUT2D eigenvalue weighted by molar-refractivity contribution is -0.136. The highest BCUT2D eigenvalue weighted by atomic mass is 19.1. The van der Waals surface area contributed by atoms with Crippen molar-refractivity contribution in [2.24, 2.45) is 11.1 Å². The average molecular weight is 368 g/mol. The quantitative estimate of drug-likeness (QED) is 0.814. The number of hydrogen-bond donors (Lipinski definition) is 1. The van der Waals surface area contributed by atoms with E-state index in [2.05, 4.69) is 0 Å². The van der Waals surface area contributed by atoms with Gasteiger partial charge in [-0.15, -0.1) is 0 Å². The minimum atomic E-state index is -0.701. The standard InChI is InChI=1S/C22H25FN2O2/c1-21(2)15-22(21,17-8-10-18(23)11-9-17)20(27)25(13-12-19(24)26)14-16-6-4-3-5-7-16/h3-11H,12-15H2,1-2H3,(H2,24,26)/t22-/m0/s1. The van der Waals surface area contributed by atoms with E-state index < -0.39 is 11.3 Å². The van der Waals surface area contributed by atoms with Crippen LogP contribution >= 0.6 is 0 Å². The first-order valence-electron chi connectivity index (χ1n) is 9.14. The monoisotopic (exact) mass is 368 g/mol. The summed E-state index contributed by atoms with van der Waals surface area (Å²) in [5.41, 5.74) is 6.19. The molecule has 0 heterocycles. The predicted molar refractivity (Wildman–Crippen MR) is 102 cm³/mol. The molecule has 0 unspecified atom stereocenters. The van der Waals surface area contributed by atoms with E-state index in [4.69, 9.17) is 5.73 Å². The van der Waals surface area contributed by atoms with Crippen molar-refractivity contribution < 1.29 is 14.0 Å². The van der Waals surface area contributed by atoms with Gasteiger partial charge in [0.05, 0.1) is 5.41 Å². The summed E-state index contributed by atoms with van der Waals surface area (Å²) in [4.78, 5) is 26.7. The Bertz CT molecular complexity index is 833. The fraction of sp³-hybridized carbons (Fsp3) is 0.364. The van der Waals surface area contributed by atoms with Gasteiger partial charge < -0.3 is 10.6 Å². The molecule has 2 aromatic carbocycles. The van der Waals surface area contributed by atoms with Gasteiger partial charge >= 0.3 is 0 Å². The van der Waals surface area contributed by atoms with Gasteiger partial charge in [0.25, 0.3) is 0 Å². The third-order valence-corrected chi connectivity index (χ3v) is 5.57. The highest BCUT2D eigenvalue weighted by Crippen LogP contribution is 2.65. The normalized spacial score (nSPS) is 20.1. The lowest BCUT2D eigenvalue weighted by Gasteiger charge is -2.30. The van der Waals surface area contributed by atoms with Crippen molar-refractivity contribution in [2.75, 3.05) is 6.54 Å². The Morgan fingerprint density at radius 2 is 1.67 bits per heavy atom. The summed E-state index contributed by atoms with van der Waals surface area (Å²) in [5.74, 6) is -0.800. The number of benzene rings is 2. The maximum Gasteiger partial charge on any atom is 0.234 e. The molecular formula is C22H25FN2O2. The summed E-state index contributed by atoms with van der Waals surface area (Å²) in [6.07, 6.45) is 0.796. The first kappa shape index (κ1) is 19.1. The van der Waals surface area contributed by atoms with Gasteiger partial charge in [-0.1, -0.05) is 56.3 Å². The molecule has 0 saturated heterocycles. The summed E-state index contributed by atoms with van der Waals surface area (Å²) in [5, 5.41) is 0. The molecule has 0 radical (unpaired) electrons. The summed E-state index contributed by atoms with van der Waals surface area (Å²) in [6.45, 7) is 4.76. The van der Waals surface area contributed by atoms with Crippen molar-refractivity contribution in [2.45, 2.75) is 38.6 Å². The molecule has 1 aliphatic rings. The van der Waals surface area contributed by atoms with Gasteiger partial charge in [0.1, 0.15) is 5.82 Å². The maximum absolute atomic E-state index is 13.6. The molecule has 142 valence electrons. The SMILES string of the molecule is CC1(C)C[C@@]1(C(=O)N(CCC(N)=O)Cc1ccccc1)c1ccc(F)cc1. The van der Waals surface area contributed by atoms with E-state index >= 15 is 0 Å². The van der Waals surface area contributed by atoms with Crippen LogP contribution in [0.25, 0.3) is 0 Å². The van der Waals surface area contributed by atoms with Crippen molar-refractivity contribution in [1.82, 2.24) is 4.90 Å². The van der Waals surface area contributed by atoms with Crippen LogP contribution in [-0.4, -0.2) is 23.3 Å². The third-order valence-electron chi connectivity index (χ3n) is 5.57. The molecule has 2 aromatic rings. The smallest absolute Gasteiger partial charge is 0.234 e.